The zero-order valence-corrected chi connectivity index (χ0v) is 14.4. The molecule has 6 atom stereocenters. The third-order valence-electron chi connectivity index (χ3n) is 7.11. The van der Waals surface area contributed by atoms with E-state index in [0.29, 0.717) is 36.4 Å². The first-order chi connectivity index (χ1) is 11.4. The summed E-state index contributed by atoms with van der Waals surface area (Å²) in [6.45, 7) is 3.46. The van der Waals surface area contributed by atoms with Crippen LogP contribution < -0.4 is 0 Å². The number of rotatable bonds is 1. The zero-order valence-electron chi connectivity index (χ0n) is 14.4. The van der Waals surface area contributed by atoms with Crippen LogP contribution in [0.4, 0.5) is 4.39 Å². The molecule has 4 aliphatic rings. The zero-order chi connectivity index (χ0) is 17.1. The van der Waals surface area contributed by atoms with Crippen molar-refractivity contribution in [1.82, 2.24) is 0 Å². The van der Waals surface area contributed by atoms with E-state index in [0.717, 1.165) is 31.3 Å². The number of esters is 1. The van der Waals surface area contributed by atoms with E-state index < -0.39 is 12.1 Å². The molecule has 0 aromatic rings. The van der Waals surface area contributed by atoms with Gasteiger partial charge in [-0.2, -0.15) is 0 Å². The molecule has 0 spiro atoms. The van der Waals surface area contributed by atoms with Crippen molar-refractivity contribution in [3.05, 3.63) is 23.5 Å². The molecule has 4 heteroatoms. The van der Waals surface area contributed by atoms with Gasteiger partial charge in [0.25, 0.3) is 0 Å². The SMILES string of the molecule is CC(=O)OC1=CC2=CC[C@@H]3[C@H](CC[C@]4(C)C(=O)CC[C@@H]34)[C@H]2CC1F. The summed E-state index contributed by atoms with van der Waals surface area (Å²) in [5.74, 6) is 1.76. The number of ketones is 1. The van der Waals surface area contributed by atoms with Crippen LogP contribution in [-0.4, -0.2) is 17.9 Å². The summed E-state index contributed by atoms with van der Waals surface area (Å²) >= 11 is 0. The van der Waals surface area contributed by atoms with Gasteiger partial charge in [-0.25, -0.2) is 4.39 Å². The van der Waals surface area contributed by atoms with Gasteiger partial charge in [0, 0.05) is 18.8 Å². The maximum atomic E-state index is 14.5. The fraction of sp³-hybridized carbons (Fsp3) is 0.700. The first-order valence-corrected chi connectivity index (χ1v) is 9.17. The molecule has 0 radical (unpaired) electrons. The molecule has 2 fully saturated rings. The topological polar surface area (TPSA) is 43.4 Å². The number of ether oxygens (including phenoxy) is 1. The summed E-state index contributed by atoms with van der Waals surface area (Å²) in [5.41, 5.74) is 0.990. The van der Waals surface area contributed by atoms with Gasteiger partial charge >= 0.3 is 5.97 Å². The Hall–Kier alpha value is -1.45. The van der Waals surface area contributed by atoms with E-state index in [-0.39, 0.29) is 17.1 Å². The largest absolute Gasteiger partial charge is 0.428 e. The van der Waals surface area contributed by atoms with Crippen LogP contribution in [0, 0.1) is 29.1 Å². The minimum atomic E-state index is -1.20. The highest BCUT2D eigenvalue weighted by Gasteiger charge is 2.56. The predicted octanol–water partition coefficient (Wildman–Crippen LogP) is 4.13. The van der Waals surface area contributed by atoms with Gasteiger partial charge in [0.1, 0.15) is 11.5 Å². The molecule has 2 saturated carbocycles. The highest BCUT2D eigenvalue weighted by atomic mass is 19.1. The number of fused-ring (bicyclic) bond motifs is 5. The molecule has 24 heavy (non-hydrogen) atoms. The number of hydrogen-bond acceptors (Lipinski definition) is 3. The molecular formula is C20H25FO3. The van der Waals surface area contributed by atoms with E-state index >= 15 is 0 Å². The van der Waals surface area contributed by atoms with Gasteiger partial charge in [-0.15, -0.1) is 0 Å². The molecule has 0 amide bonds. The lowest BCUT2D eigenvalue weighted by atomic mass is 9.53. The second kappa shape index (κ2) is 5.53. The standard InChI is InChI=1S/C20H25FO3/c1-11(22)24-18-9-12-3-4-14-13(15(12)10-17(18)21)7-8-20(2)16(14)5-6-19(20)23/h3,9,13-17H,4-8,10H2,1-2H3/t13-,14+,15-,16-,17?,20-/m0/s1. The molecule has 0 aromatic carbocycles. The van der Waals surface area contributed by atoms with Crippen molar-refractivity contribution in [1.29, 1.82) is 0 Å². The number of allylic oxidation sites excluding steroid dienone is 4. The lowest BCUT2D eigenvalue weighted by molar-refractivity contribution is -0.138. The van der Waals surface area contributed by atoms with Gasteiger partial charge in [-0.3, -0.25) is 9.59 Å². The fourth-order valence-electron chi connectivity index (χ4n) is 5.93. The summed E-state index contributed by atoms with van der Waals surface area (Å²) in [4.78, 5) is 23.5. The second-order valence-electron chi connectivity index (χ2n) is 8.24. The van der Waals surface area contributed by atoms with Crippen LogP contribution >= 0.6 is 0 Å². The second-order valence-corrected chi connectivity index (χ2v) is 8.24. The molecule has 0 saturated heterocycles. The van der Waals surface area contributed by atoms with Crippen LogP contribution in [0.3, 0.4) is 0 Å². The normalized spacial score (nSPS) is 44.0. The van der Waals surface area contributed by atoms with Crippen molar-refractivity contribution in [3.63, 3.8) is 0 Å². The van der Waals surface area contributed by atoms with Crippen molar-refractivity contribution in [2.45, 2.75) is 58.5 Å². The van der Waals surface area contributed by atoms with E-state index in [1.54, 1.807) is 6.08 Å². The molecule has 0 aromatic heterocycles. The van der Waals surface area contributed by atoms with Crippen LogP contribution in [0.25, 0.3) is 0 Å². The van der Waals surface area contributed by atoms with Crippen LogP contribution in [0.1, 0.15) is 52.4 Å². The minimum absolute atomic E-state index is 0.144. The van der Waals surface area contributed by atoms with Crippen LogP contribution in [0.2, 0.25) is 0 Å². The Morgan fingerprint density at radius 1 is 1.33 bits per heavy atom. The molecule has 1 unspecified atom stereocenters. The first-order valence-electron chi connectivity index (χ1n) is 9.17. The van der Waals surface area contributed by atoms with Crippen LogP contribution in [0.15, 0.2) is 23.5 Å². The average molecular weight is 332 g/mol. The van der Waals surface area contributed by atoms with Gasteiger partial charge in [-0.1, -0.05) is 13.0 Å². The third kappa shape index (κ3) is 2.29. The Morgan fingerprint density at radius 2 is 2.12 bits per heavy atom. The molecule has 0 heterocycles. The van der Waals surface area contributed by atoms with E-state index in [1.165, 1.54) is 6.92 Å². The highest BCUT2D eigenvalue weighted by Crippen LogP contribution is 2.60. The van der Waals surface area contributed by atoms with Crippen LogP contribution in [-0.2, 0) is 14.3 Å². The molecular weight excluding hydrogens is 307 g/mol. The van der Waals surface area contributed by atoms with Gasteiger partial charge in [0.2, 0.25) is 0 Å². The maximum Gasteiger partial charge on any atom is 0.307 e. The predicted molar refractivity (Wildman–Crippen MR) is 87.6 cm³/mol. The highest BCUT2D eigenvalue weighted by molar-refractivity contribution is 5.87. The molecule has 4 rings (SSSR count). The molecule has 0 N–H and O–H groups in total. The summed E-state index contributed by atoms with van der Waals surface area (Å²) < 4.78 is 19.6. The smallest absolute Gasteiger partial charge is 0.307 e. The molecule has 4 aliphatic carbocycles. The maximum absolute atomic E-state index is 14.5. The number of carbonyl (C=O) groups is 2. The number of halogens is 1. The lowest BCUT2D eigenvalue weighted by Crippen LogP contribution is -2.46. The fourth-order valence-corrected chi connectivity index (χ4v) is 5.93. The summed E-state index contributed by atoms with van der Waals surface area (Å²) in [7, 11) is 0. The van der Waals surface area contributed by atoms with E-state index in [9.17, 15) is 14.0 Å². The molecule has 0 bridgehead atoms. The summed E-state index contributed by atoms with van der Waals surface area (Å²) in [6.07, 6.45) is 7.80. The Morgan fingerprint density at radius 3 is 2.88 bits per heavy atom. The molecule has 3 nitrogen and oxygen atoms in total. The number of hydrogen-bond donors (Lipinski definition) is 0. The minimum Gasteiger partial charge on any atom is -0.428 e. The van der Waals surface area contributed by atoms with Gasteiger partial charge in [0.15, 0.2) is 6.17 Å². The molecule has 0 aliphatic heterocycles. The van der Waals surface area contributed by atoms with Crippen molar-refractivity contribution in [3.8, 4) is 0 Å². The number of Topliss-reactive ketones (excluding diaryl/α,β-unsaturated/α-hetero) is 1. The van der Waals surface area contributed by atoms with Crippen molar-refractivity contribution in [2.24, 2.45) is 29.1 Å². The number of alkyl halides is 1. The van der Waals surface area contributed by atoms with Gasteiger partial charge < -0.3 is 4.74 Å². The van der Waals surface area contributed by atoms with E-state index in [4.69, 9.17) is 4.74 Å². The van der Waals surface area contributed by atoms with E-state index in [1.807, 2.05) is 0 Å². The number of carbonyl (C=O) groups excluding carboxylic acids is 2. The Bertz CT molecular complexity index is 649. The Balaban J connectivity index is 1.63. The van der Waals surface area contributed by atoms with Crippen molar-refractivity contribution < 1.29 is 18.7 Å². The van der Waals surface area contributed by atoms with Gasteiger partial charge in [0.05, 0.1) is 0 Å². The monoisotopic (exact) mass is 332 g/mol. The third-order valence-corrected chi connectivity index (χ3v) is 7.11. The van der Waals surface area contributed by atoms with Crippen molar-refractivity contribution in [2.75, 3.05) is 0 Å². The first kappa shape index (κ1) is 16.0. The van der Waals surface area contributed by atoms with Crippen molar-refractivity contribution >= 4 is 11.8 Å². The summed E-state index contributed by atoms with van der Waals surface area (Å²) in [5, 5.41) is 0. The quantitative estimate of drug-likeness (QED) is 0.678. The summed E-state index contributed by atoms with van der Waals surface area (Å²) in [6, 6.07) is 0. The Kier molecular flexibility index (Phi) is 3.70. The average Bonchev–Trinajstić information content (AvgIpc) is 2.83. The molecule has 130 valence electrons. The van der Waals surface area contributed by atoms with Crippen LogP contribution in [0.5, 0.6) is 0 Å². The lowest BCUT2D eigenvalue weighted by Gasteiger charge is -2.51. The Labute approximate surface area is 142 Å². The van der Waals surface area contributed by atoms with E-state index in [2.05, 4.69) is 13.0 Å². The van der Waals surface area contributed by atoms with Gasteiger partial charge in [-0.05, 0) is 67.4 Å².